The molecule has 0 bridgehead atoms. The summed E-state index contributed by atoms with van der Waals surface area (Å²) in [5.74, 6) is 0.0792. The van der Waals surface area contributed by atoms with Gasteiger partial charge in [-0.15, -0.1) is 0 Å². The van der Waals surface area contributed by atoms with Crippen LogP contribution in [0.5, 0.6) is 0 Å². The number of aliphatic hydroxyl groups excluding tert-OH is 1. The number of likely N-dealkylation sites (tertiary alicyclic amines) is 1. The van der Waals surface area contributed by atoms with Gasteiger partial charge in [0.05, 0.1) is 25.6 Å². The maximum atomic E-state index is 10.8. The maximum absolute atomic E-state index is 10.8. The zero-order valence-corrected chi connectivity index (χ0v) is 18.3. The van der Waals surface area contributed by atoms with Gasteiger partial charge < -0.3 is 10.4 Å². The quantitative estimate of drug-likeness (QED) is 0.262. The Balaban J connectivity index is 1.57. The van der Waals surface area contributed by atoms with Crippen LogP contribution in [0.3, 0.4) is 0 Å². The van der Waals surface area contributed by atoms with Crippen LogP contribution >= 0.6 is 8.15 Å². The molecule has 160 valence electrons. The van der Waals surface area contributed by atoms with E-state index in [1.807, 2.05) is 55.8 Å². The van der Waals surface area contributed by atoms with E-state index in [2.05, 4.69) is 32.9 Å². The molecule has 7 nitrogen and oxygen atoms in total. The Labute approximate surface area is 179 Å². The van der Waals surface area contributed by atoms with Crippen LogP contribution in [0, 0.1) is 5.53 Å². The number of aliphatic hydroxyl groups is 1. The first kappa shape index (κ1) is 22.4. The normalized spacial score (nSPS) is 20.2. The van der Waals surface area contributed by atoms with Crippen molar-refractivity contribution in [3.63, 3.8) is 0 Å². The fourth-order valence-corrected chi connectivity index (χ4v) is 3.84. The maximum Gasteiger partial charge on any atom is 0.0923 e. The Bertz CT molecular complexity index is 846. The van der Waals surface area contributed by atoms with Crippen LogP contribution in [-0.4, -0.2) is 49.1 Å². The van der Waals surface area contributed by atoms with Crippen molar-refractivity contribution in [2.75, 3.05) is 43.8 Å². The molecule has 1 aliphatic rings. The third-order valence-corrected chi connectivity index (χ3v) is 5.49. The molecule has 0 spiro atoms. The van der Waals surface area contributed by atoms with E-state index in [4.69, 9.17) is 10.2 Å². The van der Waals surface area contributed by atoms with E-state index in [9.17, 15) is 5.11 Å². The Kier molecular flexibility index (Phi) is 8.34. The highest BCUT2D eigenvalue weighted by Gasteiger charge is 2.29. The van der Waals surface area contributed by atoms with Crippen LogP contribution in [0.1, 0.15) is 17.9 Å². The van der Waals surface area contributed by atoms with Crippen LogP contribution in [0.2, 0.25) is 0 Å². The highest BCUT2D eigenvalue weighted by Crippen LogP contribution is 2.32. The number of anilines is 2. The highest BCUT2D eigenvalue weighted by molar-refractivity contribution is 7.50. The number of para-hydroxylation sites is 1. The predicted molar refractivity (Wildman–Crippen MR) is 123 cm³/mol. The number of benzene rings is 2. The van der Waals surface area contributed by atoms with Crippen molar-refractivity contribution < 1.29 is 9.73 Å². The van der Waals surface area contributed by atoms with Crippen molar-refractivity contribution in [1.82, 2.24) is 4.90 Å². The lowest BCUT2D eigenvalue weighted by Gasteiger charge is -2.36. The molecule has 1 aliphatic heterocycles. The molecule has 0 radical (unpaired) electrons. The molecule has 2 aromatic rings. The van der Waals surface area contributed by atoms with E-state index in [0.29, 0.717) is 18.8 Å². The first-order valence-corrected chi connectivity index (χ1v) is 12.2. The molecule has 2 atom stereocenters. The average Bonchev–Trinajstić information content (AvgIpc) is 2.76. The van der Waals surface area contributed by atoms with Crippen molar-refractivity contribution in [2.45, 2.75) is 18.4 Å². The largest absolute Gasteiger partial charge is 0.391 e. The molecule has 4 N–H and O–H groups in total. The van der Waals surface area contributed by atoms with Gasteiger partial charge in [0, 0.05) is 30.9 Å². The number of rotatable bonds is 9. The summed E-state index contributed by atoms with van der Waals surface area (Å²) in [5, 5.41) is 17.6. The third kappa shape index (κ3) is 6.61. The summed E-state index contributed by atoms with van der Waals surface area (Å²) in [6.07, 6.45) is 2.13. The van der Waals surface area contributed by atoms with Gasteiger partial charge in [-0.3, -0.25) is 15.0 Å². The van der Waals surface area contributed by atoms with Crippen molar-refractivity contribution in [1.29, 1.82) is 5.53 Å². The van der Waals surface area contributed by atoms with Crippen LogP contribution in [0.4, 0.5) is 11.4 Å². The van der Waals surface area contributed by atoms with Crippen molar-refractivity contribution in [3.8, 4) is 0 Å². The number of piperidine rings is 1. The van der Waals surface area contributed by atoms with E-state index < -0.39 is 14.3 Å². The summed E-state index contributed by atoms with van der Waals surface area (Å²) < 4.78 is 5.53. The minimum absolute atomic E-state index is 0.0792. The number of β-amino-alcohol motifs (C(OH)–C–C–N with tert-alkyl or cyclic N) is 1. The summed E-state index contributed by atoms with van der Waals surface area (Å²) in [5.41, 5.74) is 14.1. The van der Waals surface area contributed by atoms with Gasteiger partial charge in [-0.2, -0.15) is 5.11 Å². The molecule has 2 aromatic carbocycles. The van der Waals surface area contributed by atoms with E-state index >= 15 is 0 Å². The fourth-order valence-electron chi connectivity index (χ4n) is 3.55. The topological polar surface area (TPSA) is 93.0 Å². The standard InChI is InChI=1S/C22H30N5O2P/c1-30(2)29-26-19-10-6-7-17(13-19)21-11-12-27(16-22(21)28)15-20(25-23)14-24-18-8-4-3-5-9-18/h3-10,13-14,21-24,26,28H,11-12,15-16H2,1-2H3/b20-14-,25-23?. The van der Waals surface area contributed by atoms with Crippen LogP contribution < -0.4 is 10.8 Å². The van der Waals surface area contributed by atoms with Gasteiger partial charge in [-0.1, -0.05) is 30.3 Å². The average molecular weight is 427 g/mol. The highest BCUT2D eigenvalue weighted by atomic mass is 31.1. The van der Waals surface area contributed by atoms with E-state index in [0.717, 1.165) is 29.9 Å². The lowest BCUT2D eigenvalue weighted by Crippen LogP contribution is -2.43. The molecule has 3 rings (SSSR count). The minimum Gasteiger partial charge on any atom is -0.391 e. The lowest BCUT2D eigenvalue weighted by atomic mass is 9.87. The third-order valence-electron chi connectivity index (χ3n) is 5.04. The Hall–Kier alpha value is -2.31. The van der Waals surface area contributed by atoms with E-state index in [1.165, 1.54) is 0 Å². The molecule has 0 aliphatic carbocycles. The SMILES string of the molecule is CP(C)ONc1cccc(C2CCN(C/C(=C/Nc3ccccc3)N=N)CC2O)c1. The smallest absolute Gasteiger partial charge is 0.0923 e. The van der Waals surface area contributed by atoms with Gasteiger partial charge in [0.25, 0.3) is 0 Å². The van der Waals surface area contributed by atoms with Gasteiger partial charge in [-0.05, 0) is 56.1 Å². The zero-order valence-electron chi connectivity index (χ0n) is 17.5. The second-order valence-corrected chi connectivity index (χ2v) is 9.39. The molecule has 0 aromatic heterocycles. The molecule has 1 fully saturated rings. The Morgan fingerprint density at radius 1 is 1.23 bits per heavy atom. The molecule has 30 heavy (non-hydrogen) atoms. The van der Waals surface area contributed by atoms with Gasteiger partial charge >= 0.3 is 0 Å². The first-order chi connectivity index (χ1) is 14.5. The van der Waals surface area contributed by atoms with Crippen LogP contribution in [0.15, 0.2) is 71.6 Å². The predicted octanol–water partition coefficient (Wildman–Crippen LogP) is 4.82. The van der Waals surface area contributed by atoms with Gasteiger partial charge in [-0.25, -0.2) is 5.53 Å². The fraction of sp³-hybridized carbons (Fsp3) is 0.364. The van der Waals surface area contributed by atoms with Gasteiger partial charge in [0.1, 0.15) is 0 Å². The number of hydrogen-bond donors (Lipinski definition) is 4. The molecule has 8 heteroatoms. The second kappa shape index (κ2) is 11.2. The number of hydrogen-bond acceptors (Lipinski definition) is 7. The first-order valence-electron chi connectivity index (χ1n) is 10.0. The second-order valence-electron chi connectivity index (χ2n) is 7.59. The Morgan fingerprint density at radius 2 is 2.00 bits per heavy atom. The van der Waals surface area contributed by atoms with Crippen molar-refractivity contribution in [3.05, 3.63) is 72.1 Å². The molecular weight excluding hydrogens is 397 g/mol. The molecule has 2 unspecified atom stereocenters. The lowest BCUT2D eigenvalue weighted by molar-refractivity contribution is 0.0555. The minimum atomic E-state index is -0.494. The monoisotopic (exact) mass is 427 g/mol. The number of nitrogens with zero attached hydrogens (tertiary/aromatic N) is 2. The molecule has 0 amide bonds. The summed E-state index contributed by atoms with van der Waals surface area (Å²) in [7, 11) is -0.494. The summed E-state index contributed by atoms with van der Waals surface area (Å²) >= 11 is 0. The summed E-state index contributed by atoms with van der Waals surface area (Å²) in [6, 6.07) is 17.9. The molecule has 1 saturated heterocycles. The summed E-state index contributed by atoms with van der Waals surface area (Å²) in [4.78, 5) is 2.14. The van der Waals surface area contributed by atoms with Gasteiger partial charge in [0.15, 0.2) is 0 Å². The van der Waals surface area contributed by atoms with Gasteiger partial charge in [0.2, 0.25) is 0 Å². The Morgan fingerprint density at radius 3 is 2.70 bits per heavy atom. The van der Waals surface area contributed by atoms with Crippen molar-refractivity contribution in [2.24, 2.45) is 5.11 Å². The summed E-state index contributed by atoms with van der Waals surface area (Å²) in [6.45, 7) is 5.98. The van der Waals surface area contributed by atoms with E-state index in [-0.39, 0.29) is 5.92 Å². The van der Waals surface area contributed by atoms with Crippen LogP contribution in [0.25, 0.3) is 0 Å². The van der Waals surface area contributed by atoms with Crippen molar-refractivity contribution >= 4 is 19.5 Å². The van der Waals surface area contributed by atoms with E-state index in [1.54, 1.807) is 6.20 Å². The molecule has 0 saturated carbocycles. The molecular formula is C22H30N5O2P. The number of nitrogens with one attached hydrogen (secondary N) is 3. The zero-order chi connectivity index (χ0) is 21.3. The van der Waals surface area contributed by atoms with Crippen LogP contribution in [-0.2, 0) is 4.62 Å². The molecule has 1 heterocycles.